The van der Waals surface area contributed by atoms with E-state index in [1.165, 1.54) is 84.0 Å². The van der Waals surface area contributed by atoms with E-state index >= 15 is 9.59 Å². The van der Waals surface area contributed by atoms with E-state index < -0.39 is 107 Å². The number of amides is 1. The van der Waals surface area contributed by atoms with E-state index in [9.17, 15) is 30.0 Å². The molecule has 5 N–H and O–H groups in total. The number of carbonyl (C=O) groups is 4. The predicted octanol–water partition coefficient (Wildman–Crippen LogP) is 8.95. The topological polar surface area (TPSA) is 207 Å². The molecule has 1 aliphatic heterocycles. The first-order valence-corrected chi connectivity index (χ1v) is 27.1. The van der Waals surface area contributed by atoms with E-state index in [4.69, 9.17) is 23.7 Å². The molecule has 4 aliphatic rings. The summed E-state index contributed by atoms with van der Waals surface area (Å²) in [4.78, 5) is 57.1. The number of rotatable bonds is 27. The van der Waals surface area contributed by atoms with Gasteiger partial charge in [-0.2, -0.15) is 0 Å². The van der Waals surface area contributed by atoms with Crippen LogP contribution in [0.15, 0.2) is 71.8 Å². The standard InChI is InChI=1S/C58H85NO13/c1-8-9-10-11-12-13-14-15-16-17-18-19-20-21-22-29-34-68-40(4)71-49(47(41-30-25-23-26-31-41)59-53(64)42-32-27-24-28-33-42)54(65)72-43-36-58(67)52(63)50-56(7,44(61)35-45-57(50,66)37-69-45)51(62)48(70-39(3)60)46(38(43)2)55(58,5)6/h23-28,30-33,40,43-45,47-50,52,61,63,66-67H,8-22,29,34-37H2,1-7H3,(H,59,64)/t40?,43-,44-,45+,47-,48+,49+,50-,52-,56+,57-,58+/m0/s1. The van der Waals surface area contributed by atoms with Gasteiger partial charge in [-0.05, 0) is 56.0 Å². The fourth-order valence-corrected chi connectivity index (χ4v) is 12.2. The van der Waals surface area contributed by atoms with Crippen molar-refractivity contribution in [2.45, 2.75) is 224 Å². The second-order valence-electron chi connectivity index (χ2n) is 21.9. The van der Waals surface area contributed by atoms with Crippen molar-refractivity contribution in [2.75, 3.05) is 13.2 Å². The third-order valence-electron chi connectivity index (χ3n) is 16.6. The molecule has 1 saturated heterocycles. The molecule has 2 bridgehead atoms. The Kier molecular flexibility index (Phi) is 20.3. The molecule has 2 aromatic rings. The van der Waals surface area contributed by atoms with Gasteiger partial charge in [-0.1, -0.05) is 166 Å². The smallest absolute Gasteiger partial charge is 0.338 e. The van der Waals surface area contributed by atoms with Gasteiger partial charge in [-0.25, -0.2) is 4.79 Å². The lowest BCUT2D eigenvalue weighted by molar-refractivity contribution is -0.344. The SMILES string of the molecule is CCCCCCCCCCCCCCCCCCOC(C)O[C@@H](C(=O)O[C@H]1C[C@@]2(O)[C@@H](O)[C@@H]3[C@]4(O)CO[C@@H]4C[C@H](O)[C@@]3(C)C(=O)[C@H](OC(C)=O)C(=C1C)C2(C)C)[C@@H](NC(=O)c1ccccc1)c1ccccc1. The zero-order valence-corrected chi connectivity index (χ0v) is 44.1. The molecule has 0 radical (unpaired) electrons. The second-order valence-corrected chi connectivity index (χ2v) is 21.9. The predicted molar refractivity (Wildman–Crippen MR) is 272 cm³/mol. The van der Waals surface area contributed by atoms with Crippen molar-refractivity contribution < 1.29 is 63.3 Å². The molecule has 3 fully saturated rings. The summed E-state index contributed by atoms with van der Waals surface area (Å²) >= 11 is 0. The highest BCUT2D eigenvalue weighted by atomic mass is 16.7. The van der Waals surface area contributed by atoms with Crippen molar-refractivity contribution in [3.8, 4) is 0 Å². The summed E-state index contributed by atoms with van der Waals surface area (Å²) in [5.74, 6) is -4.55. The highest BCUT2D eigenvalue weighted by molar-refractivity contribution is 5.96. The number of ketones is 1. The van der Waals surface area contributed by atoms with Crippen LogP contribution in [0.1, 0.15) is 186 Å². The Morgan fingerprint density at radius 1 is 0.792 bits per heavy atom. The number of Topliss-reactive ketones (excluding diaryl/α,β-unsaturated/α-hetero) is 1. The van der Waals surface area contributed by atoms with Crippen LogP contribution in [-0.2, 0) is 38.1 Å². The first-order valence-electron chi connectivity index (χ1n) is 27.1. The average Bonchev–Trinajstić information content (AvgIpc) is 3.35. The summed E-state index contributed by atoms with van der Waals surface area (Å²) in [6.07, 6.45) is 9.36. The normalized spacial score (nSPS) is 29.8. The van der Waals surface area contributed by atoms with E-state index in [0.29, 0.717) is 17.7 Å². The van der Waals surface area contributed by atoms with Crippen molar-refractivity contribution in [1.29, 1.82) is 0 Å². The van der Waals surface area contributed by atoms with Crippen LogP contribution in [0.5, 0.6) is 0 Å². The van der Waals surface area contributed by atoms with Gasteiger partial charge in [0.2, 0.25) is 0 Å². The number of fused-ring (bicyclic) bond motifs is 5. The molecule has 14 nitrogen and oxygen atoms in total. The summed E-state index contributed by atoms with van der Waals surface area (Å²) in [7, 11) is 0. The maximum Gasteiger partial charge on any atom is 0.338 e. The van der Waals surface area contributed by atoms with Gasteiger partial charge in [0.25, 0.3) is 5.91 Å². The van der Waals surface area contributed by atoms with E-state index in [1.807, 2.05) is 0 Å². The minimum Gasteiger partial charge on any atom is -0.456 e. The van der Waals surface area contributed by atoms with Crippen LogP contribution in [0, 0.1) is 16.7 Å². The monoisotopic (exact) mass is 1000 g/mol. The zero-order chi connectivity index (χ0) is 52.3. The molecule has 6 rings (SSSR count). The lowest BCUT2D eigenvalue weighted by atomic mass is 9.45. The van der Waals surface area contributed by atoms with Crippen LogP contribution in [0.25, 0.3) is 0 Å². The van der Waals surface area contributed by atoms with Crippen molar-refractivity contribution >= 4 is 23.6 Å². The van der Waals surface area contributed by atoms with Crippen LogP contribution in [0.4, 0.5) is 0 Å². The molecule has 12 atom stereocenters. The van der Waals surface area contributed by atoms with Crippen LogP contribution < -0.4 is 5.32 Å². The molecular formula is C58H85NO13. The molecule has 2 aromatic carbocycles. The Bertz CT molecular complexity index is 2130. The molecule has 14 heteroatoms. The lowest BCUT2D eigenvalue weighted by Gasteiger charge is -2.66. The number of aliphatic hydroxyl groups excluding tert-OH is 2. The van der Waals surface area contributed by atoms with Crippen LogP contribution in [-0.4, -0.2) is 111 Å². The molecule has 72 heavy (non-hydrogen) atoms. The summed E-state index contributed by atoms with van der Waals surface area (Å²) in [6.45, 7) is 11.4. The van der Waals surface area contributed by atoms with Crippen molar-refractivity contribution in [2.24, 2.45) is 16.7 Å². The summed E-state index contributed by atoms with van der Waals surface area (Å²) < 4.78 is 30.6. The van der Waals surface area contributed by atoms with E-state index in [2.05, 4.69) is 12.2 Å². The van der Waals surface area contributed by atoms with E-state index in [-0.39, 0.29) is 24.2 Å². The van der Waals surface area contributed by atoms with Gasteiger partial charge >= 0.3 is 11.9 Å². The highest BCUT2D eigenvalue weighted by Crippen LogP contribution is 2.62. The number of benzene rings is 2. The van der Waals surface area contributed by atoms with Gasteiger partial charge in [0, 0.05) is 43.3 Å². The average molecular weight is 1000 g/mol. The molecule has 0 spiro atoms. The number of unbranched alkanes of at least 4 members (excludes halogenated alkanes) is 15. The largest absolute Gasteiger partial charge is 0.456 e. The molecule has 1 heterocycles. The summed E-state index contributed by atoms with van der Waals surface area (Å²) in [5, 5.41) is 52.6. The number of ether oxygens (including phenoxy) is 5. The molecule has 3 aliphatic carbocycles. The van der Waals surface area contributed by atoms with E-state index in [1.54, 1.807) is 88.4 Å². The number of carbonyl (C=O) groups excluding carboxylic acids is 4. The first kappa shape index (κ1) is 57.3. The molecule has 1 unspecified atom stereocenters. The third kappa shape index (κ3) is 12.6. The quantitative estimate of drug-likeness (QED) is 0.0246. The molecule has 400 valence electrons. The minimum absolute atomic E-state index is 0.0871. The van der Waals surface area contributed by atoms with Gasteiger partial charge in [0.05, 0.1) is 36.4 Å². The highest BCUT2D eigenvalue weighted by Gasteiger charge is 2.75. The maximum absolute atomic E-state index is 15.1. The zero-order valence-electron chi connectivity index (χ0n) is 44.1. The Labute approximate surface area is 428 Å². The van der Waals surface area contributed by atoms with E-state index in [0.717, 1.165) is 32.6 Å². The fourth-order valence-electron chi connectivity index (χ4n) is 12.2. The molecule has 2 saturated carbocycles. The van der Waals surface area contributed by atoms with Gasteiger partial charge in [-0.15, -0.1) is 0 Å². The number of esters is 2. The van der Waals surface area contributed by atoms with Crippen LogP contribution in [0.2, 0.25) is 0 Å². The fraction of sp³-hybridized carbons (Fsp3) is 0.690. The first-order chi connectivity index (χ1) is 34.3. The Hall–Kier alpha value is -4.02. The van der Waals surface area contributed by atoms with Crippen LogP contribution >= 0.6 is 0 Å². The van der Waals surface area contributed by atoms with Crippen LogP contribution in [0.3, 0.4) is 0 Å². The Balaban J connectivity index is 1.21. The number of nitrogens with one attached hydrogen (secondary N) is 1. The molecule has 0 aromatic heterocycles. The number of hydrogen-bond donors (Lipinski definition) is 5. The minimum atomic E-state index is -2.27. The maximum atomic E-state index is 15.1. The summed E-state index contributed by atoms with van der Waals surface area (Å²) in [5.41, 5.74) is -6.37. The Morgan fingerprint density at radius 2 is 1.33 bits per heavy atom. The summed E-state index contributed by atoms with van der Waals surface area (Å²) in [6, 6.07) is 16.3. The van der Waals surface area contributed by atoms with Crippen molar-refractivity contribution in [3.63, 3.8) is 0 Å². The van der Waals surface area contributed by atoms with Gasteiger partial charge < -0.3 is 49.4 Å². The van der Waals surface area contributed by atoms with Gasteiger partial charge in [-0.3, -0.25) is 14.4 Å². The van der Waals surface area contributed by atoms with Gasteiger partial charge in [0.15, 0.2) is 24.3 Å². The van der Waals surface area contributed by atoms with Crippen molar-refractivity contribution in [3.05, 3.63) is 82.9 Å². The second kappa shape index (κ2) is 25.5. The number of aliphatic hydroxyl groups is 4. The Morgan fingerprint density at radius 3 is 1.86 bits per heavy atom. The molecule has 1 amide bonds. The van der Waals surface area contributed by atoms with Gasteiger partial charge in [0.1, 0.15) is 17.3 Å². The van der Waals surface area contributed by atoms with Crippen molar-refractivity contribution in [1.82, 2.24) is 5.32 Å². The lowest BCUT2D eigenvalue weighted by Crippen LogP contribution is -2.80. The third-order valence-corrected chi connectivity index (χ3v) is 16.6. The molecular weight excluding hydrogens is 919 g/mol. The number of hydrogen-bond acceptors (Lipinski definition) is 13.